The van der Waals surface area contributed by atoms with Crippen molar-refractivity contribution in [2.45, 2.75) is 0 Å². The predicted octanol–water partition coefficient (Wildman–Crippen LogP) is 9.29. The first-order valence-corrected chi connectivity index (χ1v) is 14.8. The average molecular weight is 556 g/mol. The molecular weight excluding hydrogens is 534 g/mol. The zero-order valence-corrected chi connectivity index (χ0v) is 23.1. The molecule has 196 valence electrons. The standard InChI is InChI=1S/C36H21N5S/c1-2-9-22(10-3-1)40-28-13-6-4-11-24(28)25-17-18-30-33(35(25)40)26-12-5-7-14-29(26)39(30)23-16-19-31-27(21-23)34-36(42-31)41-32(38-34)15-8-20-37-41/h1-21H. The van der Waals surface area contributed by atoms with E-state index in [0.717, 1.165) is 32.8 Å². The molecule has 5 aromatic heterocycles. The molecule has 0 aliphatic carbocycles. The number of hydrogen-bond donors (Lipinski definition) is 0. The number of nitrogens with zero attached hydrogens (tertiary/aromatic N) is 5. The van der Waals surface area contributed by atoms with Gasteiger partial charge >= 0.3 is 0 Å². The van der Waals surface area contributed by atoms with Crippen LogP contribution in [0.2, 0.25) is 0 Å². The number of thiophene rings is 1. The Labute approximate surface area is 243 Å². The molecule has 0 spiro atoms. The fourth-order valence-electron chi connectivity index (χ4n) is 6.80. The van der Waals surface area contributed by atoms with Crippen molar-refractivity contribution >= 4 is 81.0 Å². The number of para-hydroxylation sites is 3. The van der Waals surface area contributed by atoms with Crippen LogP contribution in [0.5, 0.6) is 0 Å². The summed E-state index contributed by atoms with van der Waals surface area (Å²) in [7, 11) is 0. The van der Waals surface area contributed by atoms with Crippen molar-refractivity contribution in [3.8, 4) is 11.4 Å². The third-order valence-corrected chi connectivity index (χ3v) is 9.65. The molecule has 5 nitrogen and oxygen atoms in total. The highest BCUT2D eigenvalue weighted by Crippen LogP contribution is 2.43. The fraction of sp³-hybridized carbons (Fsp3) is 0. The van der Waals surface area contributed by atoms with Gasteiger partial charge in [-0.15, -0.1) is 11.3 Å². The smallest absolute Gasteiger partial charge is 0.155 e. The van der Waals surface area contributed by atoms with Gasteiger partial charge in [0.2, 0.25) is 0 Å². The van der Waals surface area contributed by atoms with Gasteiger partial charge in [0.05, 0.1) is 22.1 Å². The van der Waals surface area contributed by atoms with Gasteiger partial charge in [-0.3, -0.25) is 0 Å². The first-order chi connectivity index (χ1) is 20.8. The van der Waals surface area contributed by atoms with E-state index in [9.17, 15) is 0 Å². The minimum atomic E-state index is 0.874. The molecule has 10 aromatic rings. The summed E-state index contributed by atoms with van der Waals surface area (Å²) in [6, 6.07) is 43.5. The van der Waals surface area contributed by atoms with E-state index < -0.39 is 0 Å². The summed E-state index contributed by atoms with van der Waals surface area (Å²) in [5, 5.41) is 10.7. The Morgan fingerprint density at radius 3 is 2.21 bits per heavy atom. The van der Waals surface area contributed by atoms with Gasteiger partial charge in [0.1, 0.15) is 10.3 Å². The maximum absolute atomic E-state index is 4.96. The van der Waals surface area contributed by atoms with Crippen LogP contribution in [0.4, 0.5) is 0 Å². The SMILES string of the molecule is c1ccc(-n2c3ccccc3c3ccc4c(c5ccccc5n4-c4ccc5sc6c(nc7cccnn76)c5c4)c32)cc1. The molecule has 5 heterocycles. The van der Waals surface area contributed by atoms with Crippen molar-refractivity contribution in [1.82, 2.24) is 23.7 Å². The lowest BCUT2D eigenvalue weighted by molar-refractivity contribution is 0.972. The molecule has 0 fully saturated rings. The Morgan fingerprint density at radius 1 is 0.548 bits per heavy atom. The molecule has 42 heavy (non-hydrogen) atoms. The summed E-state index contributed by atoms with van der Waals surface area (Å²) >= 11 is 1.74. The second kappa shape index (κ2) is 8.06. The Bertz CT molecular complexity index is 2690. The maximum atomic E-state index is 4.96. The summed E-state index contributed by atoms with van der Waals surface area (Å²) < 4.78 is 8.00. The van der Waals surface area contributed by atoms with Crippen LogP contribution in [0.3, 0.4) is 0 Å². The molecule has 0 aliphatic heterocycles. The zero-order valence-electron chi connectivity index (χ0n) is 22.3. The molecule has 0 atom stereocenters. The Balaban J connectivity index is 1.35. The first-order valence-electron chi connectivity index (χ1n) is 14.0. The molecule has 10 rings (SSSR count). The van der Waals surface area contributed by atoms with E-state index in [1.165, 1.54) is 48.3 Å². The first kappa shape index (κ1) is 22.3. The zero-order chi connectivity index (χ0) is 27.4. The summed E-state index contributed by atoms with van der Waals surface area (Å²) in [5.41, 5.74) is 8.99. The van der Waals surface area contributed by atoms with Crippen LogP contribution in [-0.2, 0) is 0 Å². The summed E-state index contributed by atoms with van der Waals surface area (Å²) in [4.78, 5) is 6.04. The van der Waals surface area contributed by atoms with Crippen molar-refractivity contribution < 1.29 is 0 Å². The van der Waals surface area contributed by atoms with Gasteiger partial charge in [0.25, 0.3) is 0 Å². The van der Waals surface area contributed by atoms with Crippen molar-refractivity contribution in [3.05, 3.63) is 128 Å². The molecule has 0 unspecified atom stereocenters. The molecule has 0 amide bonds. The van der Waals surface area contributed by atoms with Crippen LogP contribution in [0.25, 0.3) is 81.1 Å². The predicted molar refractivity (Wildman–Crippen MR) is 175 cm³/mol. The van der Waals surface area contributed by atoms with E-state index in [1.54, 1.807) is 11.3 Å². The third kappa shape index (κ3) is 2.81. The number of rotatable bonds is 2. The highest BCUT2D eigenvalue weighted by atomic mass is 32.1. The van der Waals surface area contributed by atoms with E-state index in [2.05, 4.69) is 123 Å². The number of fused-ring (bicyclic) bond motifs is 12. The molecule has 0 bridgehead atoms. The second-order valence-corrected chi connectivity index (χ2v) is 11.8. The largest absolute Gasteiger partial charge is 0.309 e. The minimum absolute atomic E-state index is 0.874. The average Bonchev–Trinajstić information content (AvgIpc) is 3.77. The quantitative estimate of drug-likeness (QED) is 0.213. The van der Waals surface area contributed by atoms with Crippen molar-refractivity contribution in [1.29, 1.82) is 0 Å². The summed E-state index contributed by atoms with van der Waals surface area (Å²) in [6.45, 7) is 0. The highest BCUT2D eigenvalue weighted by Gasteiger charge is 2.21. The van der Waals surface area contributed by atoms with Gasteiger partial charge in [-0.25, -0.2) is 9.50 Å². The van der Waals surface area contributed by atoms with E-state index in [4.69, 9.17) is 4.98 Å². The molecule has 0 radical (unpaired) electrons. The third-order valence-electron chi connectivity index (χ3n) is 8.52. The minimum Gasteiger partial charge on any atom is -0.309 e. The lowest BCUT2D eigenvalue weighted by Crippen LogP contribution is -1.95. The molecule has 6 heteroatoms. The summed E-state index contributed by atoms with van der Waals surface area (Å²) in [6.07, 6.45) is 1.82. The number of aromatic nitrogens is 5. The van der Waals surface area contributed by atoms with E-state index in [1.807, 2.05) is 22.8 Å². The topological polar surface area (TPSA) is 40.0 Å². The second-order valence-electron chi connectivity index (χ2n) is 10.7. The molecular formula is C36H21N5S. The van der Waals surface area contributed by atoms with Crippen LogP contribution in [0.1, 0.15) is 0 Å². The van der Waals surface area contributed by atoms with Gasteiger partial charge in [0, 0.05) is 49.2 Å². The number of hydrogen-bond acceptors (Lipinski definition) is 3. The van der Waals surface area contributed by atoms with Crippen LogP contribution in [0.15, 0.2) is 128 Å². The normalized spacial score (nSPS) is 12.3. The van der Waals surface area contributed by atoms with E-state index in [0.29, 0.717) is 0 Å². The molecule has 5 aromatic carbocycles. The molecule has 0 saturated heterocycles. The van der Waals surface area contributed by atoms with Crippen LogP contribution < -0.4 is 0 Å². The van der Waals surface area contributed by atoms with Gasteiger partial charge in [-0.1, -0.05) is 60.7 Å². The van der Waals surface area contributed by atoms with Crippen molar-refractivity contribution in [3.63, 3.8) is 0 Å². The van der Waals surface area contributed by atoms with E-state index in [-0.39, 0.29) is 0 Å². The maximum Gasteiger partial charge on any atom is 0.155 e. The van der Waals surface area contributed by atoms with Crippen LogP contribution in [-0.4, -0.2) is 23.7 Å². The Kier molecular flexibility index (Phi) is 4.27. The van der Waals surface area contributed by atoms with Gasteiger partial charge in [0.15, 0.2) is 5.65 Å². The van der Waals surface area contributed by atoms with Crippen molar-refractivity contribution in [2.24, 2.45) is 0 Å². The van der Waals surface area contributed by atoms with Crippen LogP contribution >= 0.6 is 11.3 Å². The lowest BCUT2D eigenvalue weighted by Gasteiger charge is -2.10. The number of imidazole rings is 1. The lowest BCUT2D eigenvalue weighted by atomic mass is 10.1. The molecule has 0 aliphatic rings. The Hall–Kier alpha value is -5.46. The van der Waals surface area contributed by atoms with Crippen LogP contribution in [0, 0.1) is 0 Å². The van der Waals surface area contributed by atoms with Gasteiger partial charge in [-0.05, 0) is 60.7 Å². The van der Waals surface area contributed by atoms with Crippen molar-refractivity contribution in [2.75, 3.05) is 0 Å². The van der Waals surface area contributed by atoms with Gasteiger partial charge in [-0.2, -0.15) is 5.10 Å². The highest BCUT2D eigenvalue weighted by molar-refractivity contribution is 7.25. The fourth-order valence-corrected chi connectivity index (χ4v) is 7.89. The monoisotopic (exact) mass is 555 g/mol. The van der Waals surface area contributed by atoms with E-state index >= 15 is 0 Å². The number of benzene rings is 5. The molecule has 0 N–H and O–H groups in total. The van der Waals surface area contributed by atoms with Gasteiger partial charge < -0.3 is 9.13 Å². The summed E-state index contributed by atoms with van der Waals surface area (Å²) in [5.74, 6) is 0. The Morgan fingerprint density at radius 2 is 1.33 bits per heavy atom. The molecule has 0 saturated carbocycles.